The van der Waals surface area contributed by atoms with Gasteiger partial charge in [0.25, 0.3) is 6.29 Å². The fraction of sp³-hybridized carbons (Fsp3) is 0.333. The average Bonchev–Trinajstić information content (AvgIpc) is 2.30. The van der Waals surface area contributed by atoms with E-state index in [0.29, 0.717) is 5.57 Å². The third-order valence-corrected chi connectivity index (χ3v) is 2.49. The molecule has 0 atom stereocenters. The van der Waals surface area contributed by atoms with Crippen molar-refractivity contribution in [1.82, 2.24) is 0 Å². The van der Waals surface area contributed by atoms with Gasteiger partial charge in [0.15, 0.2) is 0 Å². The molecule has 0 aliphatic carbocycles. The third kappa shape index (κ3) is 4.95. The molecule has 0 saturated heterocycles. The lowest BCUT2D eigenvalue weighted by Crippen LogP contribution is -2.23. The normalized spacial score (nSPS) is 11.3. The monoisotopic (exact) mass is 262 g/mol. The van der Waals surface area contributed by atoms with Crippen molar-refractivity contribution in [2.45, 2.75) is 34.0 Å². The molecule has 102 valence electrons. The summed E-state index contributed by atoms with van der Waals surface area (Å²) in [6.45, 7) is 6.28. The zero-order valence-corrected chi connectivity index (χ0v) is 11.6. The van der Waals surface area contributed by atoms with Gasteiger partial charge in [-0.25, -0.2) is 0 Å². The molecule has 0 unspecified atom stereocenters. The van der Waals surface area contributed by atoms with Crippen LogP contribution >= 0.6 is 0 Å². The van der Waals surface area contributed by atoms with E-state index in [0.717, 1.165) is 11.1 Å². The number of aryl methyl sites for hydroxylation is 1. The van der Waals surface area contributed by atoms with E-state index in [1.165, 1.54) is 13.8 Å². The molecule has 19 heavy (non-hydrogen) atoms. The second-order valence-corrected chi connectivity index (χ2v) is 4.30. The van der Waals surface area contributed by atoms with Gasteiger partial charge in [-0.15, -0.1) is 0 Å². The van der Waals surface area contributed by atoms with Gasteiger partial charge in [0.2, 0.25) is 0 Å². The molecule has 4 heteroatoms. The van der Waals surface area contributed by atoms with Crippen LogP contribution in [0.2, 0.25) is 0 Å². The summed E-state index contributed by atoms with van der Waals surface area (Å²) in [5, 5.41) is 0. The third-order valence-electron chi connectivity index (χ3n) is 2.49. The van der Waals surface area contributed by atoms with Gasteiger partial charge in [0.1, 0.15) is 0 Å². The lowest BCUT2D eigenvalue weighted by molar-refractivity contribution is -0.177. The summed E-state index contributed by atoms with van der Waals surface area (Å²) in [4.78, 5) is 22.0. The topological polar surface area (TPSA) is 52.6 Å². The maximum atomic E-state index is 11.0. The Balaban J connectivity index is 2.98. The summed E-state index contributed by atoms with van der Waals surface area (Å²) in [6.07, 6.45) is 0.862. The summed E-state index contributed by atoms with van der Waals surface area (Å²) in [6, 6.07) is 7.78. The summed E-state index contributed by atoms with van der Waals surface area (Å²) < 4.78 is 9.97. The first kappa shape index (κ1) is 15.0. The molecule has 0 aromatic heterocycles. The van der Waals surface area contributed by atoms with Crippen LogP contribution < -0.4 is 0 Å². The Bertz CT molecular complexity index is 487. The zero-order valence-electron chi connectivity index (χ0n) is 11.6. The van der Waals surface area contributed by atoms with Gasteiger partial charge in [0, 0.05) is 19.4 Å². The van der Waals surface area contributed by atoms with Crippen molar-refractivity contribution in [3.8, 4) is 0 Å². The van der Waals surface area contributed by atoms with Crippen LogP contribution in [0.5, 0.6) is 0 Å². The first-order valence-corrected chi connectivity index (χ1v) is 5.98. The Kier molecular flexibility index (Phi) is 5.30. The Morgan fingerprint density at radius 2 is 1.58 bits per heavy atom. The molecule has 0 spiro atoms. The second kappa shape index (κ2) is 6.73. The van der Waals surface area contributed by atoms with Gasteiger partial charge < -0.3 is 9.47 Å². The van der Waals surface area contributed by atoms with Crippen molar-refractivity contribution >= 4 is 18.0 Å². The average molecular weight is 262 g/mol. The number of esters is 2. The van der Waals surface area contributed by atoms with Crippen LogP contribution in [-0.2, 0) is 19.1 Å². The number of hydrogen-bond donors (Lipinski definition) is 0. The van der Waals surface area contributed by atoms with Crippen LogP contribution in [0.15, 0.2) is 29.8 Å². The molecule has 0 heterocycles. The molecule has 1 aromatic carbocycles. The number of carbonyl (C=O) groups is 2. The number of hydrogen-bond acceptors (Lipinski definition) is 4. The van der Waals surface area contributed by atoms with Crippen LogP contribution in [0.25, 0.3) is 6.08 Å². The van der Waals surface area contributed by atoms with Crippen molar-refractivity contribution in [2.75, 3.05) is 0 Å². The van der Waals surface area contributed by atoms with E-state index in [2.05, 4.69) is 0 Å². The van der Waals surface area contributed by atoms with Crippen LogP contribution in [0.4, 0.5) is 0 Å². The van der Waals surface area contributed by atoms with Crippen molar-refractivity contribution in [2.24, 2.45) is 0 Å². The maximum Gasteiger partial charge on any atom is 0.305 e. The number of ether oxygens (including phenoxy) is 2. The molecular weight excluding hydrogens is 244 g/mol. The standard InChI is InChI=1S/C15H18O4/c1-10-7-5-6-8-14(10)9-11(2)15(18-12(3)16)19-13(4)17/h5-9,15H,1-4H3/b11-9+. The van der Waals surface area contributed by atoms with Crippen molar-refractivity contribution in [1.29, 1.82) is 0 Å². The highest BCUT2D eigenvalue weighted by molar-refractivity contribution is 5.69. The molecule has 0 fully saturated rings. The number of benzene rings is 1. The van der Waals surface area contributed by atoms with Crippen LogP contribution in [0.1, 0.15) is 31.9 Å². The minimum atomic E-state index is -0.977. The molecule has 0 amide bonds. The van der Waals surface area contributed by atoms with Gasteiger partial charge in [-0.3, -0.25) is 9.59 Å². The molecular formula is C15H18O4. The molecule has 0 bridgehead atoms. The molecule has 0 saturated carbocycles. The van der Waals surface area contributed by atoms with Crippen LogP contribution in [-0.4, -0.2) is 18.2 Å². The maximum absolute atomic E-state index is 11.0. The molecule has 0 radical (unpaired) electrons. The van der Waals surface area contributed by atoms with E-state index in [1.807, 2.05) is 37.3 Å². The Hall–Kier alpha value is -2.10. The van der Waals surface area contributed by atoms with Gasteiger partial charge in [-0.1, -0.05) is 24.3 Å². The van der Waals surface area contributed by atoms with E-state index in [-0.39, 0.29) is 0 Å². The Labute approximate surface area is 113 Å². The first-order valence-electron chi connectivity index (χ1n) is 5.98. The highest BCUT2D eigenvalue weighted by atomic mass is 16.7. The predicted octanol–water partition coefficient (Wildman–Crippen LogP) is 2.85. The van der Waals surface area contributed by atoms with Crippen LogP contribution in [0, 0.1) is 6.92 Å². The number of rotatable bonds is 4. The lowest BCUT2D eigenvalue weighted by atomic mass is 10.1. The van der Waals surface area contributed by atoms with Crippen molar-refractivity contribution in [3.63, 3.8) is 0 Å². The summed E-state index contributed by atoms with van der Waals surface area (Å²) >= 11 is 0. The van der Waals surface area contributed by atoms with Gasteiger partial charge >= 0.3 is 11.9 Å². The first-order chi connectivity index (χ1) is 8.90. The predicted molar refractivity (Wildman–Crippen MR) is 72.2 cm³/mol. The fourth-order valence-corrected chi connectivity index (χ4v) is 1.57. The molecule has 4 nitrogen and oxygen atoms in total. The zero-order chi connectivity index (χ0) is 14.4. The van der Waals surface area contributed by atoms with Crippen molar-refractivity contribution in [3.05, 3.63) is 41.0 Å². The van der Waals surface area contributed by atoms with Gasteiger partial charge in [-0.05, 0) is 31.1 Å². The van der Waals surface area contributed by atoms with E-state index < -0.39 is 18.2 Å². The van der Waals surface area contributed by atoms with Gasteiger partial charge in [-0.2, -0.15) is 0 Å². The molecule has 0 N–H and O–H groups in total. The minimum Gasteiger partial charge on any atom is -0.421 e. The largest absolute Gasteiger partial charge is 0.421 e. The lowest BCUT2D eigenvalue weighted by Gasteiger charge is -2.17. The van der Waals surface area contributed by atoms with Gasteiger partial charge in [0.05, 0.1) is 0 Å². The Morgan fingerprint density at radius 1 is 1.05 bits per heavy atom. The number of carbonyl (C=O) groups excluding carboxylic acids is 2. The summed E-state index contributed by atoms with van der Waals surface area (Å²) in [7, 11) is 0. The van der Waals surface area contributed by atoms with E-state index in [1.54, 1.807) is 6.92 Å². The Morgan fingerprint density at radius 3 is 2.05 bits per heavy atom. The smallest absolute Gasteiger partial charge is 0.305 e. The minimum absolute atomic E-state index is 0.496. The van der Waals surface area contributed by atoms with E-state index in [9.17, 15) is 9.59 Å². The van der Waals surface area contributed by atoms with E-state index in [4.69, 9.17) is 9.47 Å². The quantitative estimate of drug-likeness (QED) is 0.618. The molecule has 1 rings (SSSR count). The highest BCUT2D eigenvalue weighted by Gasteiger charge is 2.17. The highest BCUT2D eigenvalue weighted by Crippen LogP contribution is 2.16. The molecule has 1 aromatic rings. The van der Waals surface area contributed by atoms with Crippen molar-refractivity contribution < 1.29 is 19.1 Å². The summed E-state index contributed by atoms with van der Waals surface area (Å²) in [5.74, 6) is -0.993. The second-order valence-electron chi connectivity index (χ2n) is 4.30. The fourth-order valence-electron chi connectivity index (χ4n) is 1.57. The van der Waals surface area contributed by atoms with E-state index >= 15 is 0 Å². The molecule has 0 aliphatic rings. The summed E-state index contributed by atoms with van der Waals surface area (Å²) in [5.41, 5.74) is 2.73. The molecule has 0 aliphatic heterocycles. The van der Waals surface area contributed by atoms with Crippen LogP contribution in [0.3, 0.4) is 0 Å². The SMILES string of the molecule is CC(=O)OC(OC(C)=O)/C(C)=C/c1ccccc1C.